The molecule has 1 saturated heterocycles. The molecule has 39 heavy (non-hydrogen) atoms. The van der Waals surface area contributed by atoms with Gasteiger partial charge in [-0.25, -0.2) is 18.0 Å². The Morgan fingerprint density at radius 1 is 1.00 bits per heavy atom. The fraction of sp³-hybridized carbons (Fsp3) is 0.321. The number of carbonyl (C=O) groups excluding carboxylic acids is 2. The Morgan fingerprint density at radius 3 is 2.23 bits per heavy atom. The molecule has 0 bridgehead atoms. The zero-order chi connectivity index (χ0) is 28.3. The number of carbonyl (C=O) groups is 2. The van der Waals surface area contributed by atoms with Crippen molar-refractivity contribution in [3.8, 4) is 6.07 Å². The molecule has 0 aromatic heterocycles. The highest BCUT2D eigenvalue weighted by molar-refractivity contribution is 7.89. The predicted octanol–water partition coefficient (Wildman–Crippen LogP) is 3.07. The third-order valence-corrected chi connectivity index (χ3v) is 9.01. The lowest BCUT2D eigenvalue weighted by molar-refractivity contribution is -0.139. The van der Waals surface area contributed by atoms with Crippen molar-refractivity contribution in [2.45, 2.75) is 37.0 Å². The van der Waals surface area contributed by atoms with Gasteiger partial charge in [0.1, 0.15) is 11.5 Å². The topological polar surface area (TPSA) is 143 Å². The van der Waals surface area contributed by atoms with Crippen molar-refractivity contribution in [2.24, 2.45) is 5.73 Å². The standard InChI is InChI=1S/C28H30N4O6S/c1-18-12-13-20(16-22(18)39(35,36)31-14-8-5-9-15-31)32-25(28(34)38-3)24(27(33)37-2)23(21(17-29)26(32)30)19-10-6-4-7-11-19/h4,6-7,10-13,16,23H,5,8-9,14-15,30H2,1-3H3. The number of nitrogens with two attached hydrogens (primary N) is 1. The minimum Gasteiger partial charge on any atom is -0.466 e. The first-order chi connectivity index (χ1) is 18.7. The number of ether oxygens (including phenoxy) is 2. The van der Waals surface area contributed by atoms with Crippen molar-refractivity contribution in [2.75, 3.05) is 32.2 Å². The Hall–Kier alpha value is -4.14. The lowest BCUT2D eigenvalue weighted by Gasteiger charge is -2.36. The zero-order valence-electron chi connectivity index (χ0n) is 22.0. The van der Waals surface area contributed by atoms with Gasteiger partial charge in [-0.3, -0.25) is 4.90 Å². The van der Waals surface area contributed by atoms with E-state index in [2.05, 4.69) is 6.07 Å². The molecule has 2 heterocycles. The molecule has 2 N–H and O–H groups in total. The fourth-order valence-corrected chi connectivity index (χ4v) is 6.79. The molecule has 10 nitrogen and oxygen atoms in total. The molecule has 4 rings (SSSR count). The van der Waals surface area contributed by atoms with Crippen LogP contribution in [0.25, 0.3) is 0 Å². The summed E-state index contributed by atoms with van der Waals surface area (Å²) in [5, 5.41) is 10.2. The van der Waals surface area contributed by atoms with Crippen LogP contribution in [0.1, 0.15) is 36.3 Å². The molecule has 2 aliphatic rings. The summed E-state index contributed by atoms with van der Waals surface area (Å²) in [6.45, 7) is 2.50. The number of aryl methyl sites for hydroxylation is 1. The second-order valence-corrected chi connectivity index (χ2v) is 11.2. The van der Waals surface area contributed by atoms with E-state index in [1.165, 1.54) is 22.4 Å². The van der Waals surface area contributed by atoms with E-state index in [1.807, 2.05) is 0 Å². The van der Waals surface area contributed by atoms with Crippen LogP contribution >= 0.6 is 0 Å². The second-order valence-electron chi connectivity index (χ2n) is 9.25. The van der Waals surface area contributed by atoms with Crippen LogP contribution < -0.4 is 10.6 Å². The molecule has 2 aliphatic heterocycles. The zero-order valence-corrected chi connectivity index (χ0v) is 22.8. The van der Waals surface area contributed by atoms with Gasteiger partial charge >= 0.3 is 11.9 Å². The van der Waals surface area contributed by atoms with Crippen LogP contribution in [0.4, 0.5) is 5.69 Å². The molecule has 0 aliphatic carbocycles. The largest absolute Gasteiger partial charge is 0.466 e. The molecule has 0 spiro atoms. The minimum absolute atomic E-state index is 0.00438. The average molecular weight is 551 g/mol. The van der Waals surface area contributed by atoms with Crippen LogP contribution in [0.5, 0.6) is 0 Å². The fourth-order valence-electron chi connectivity index (χ4n) is 5.03. The first kappa shape index (κ1) is 27.9. The number of nitrogens with zero attached hydrogens (tertiary/aromatic N) is 3. The predicted molar refractivity (Wildman–Crippen MR) is 143 cm³/mol. The van der Waals surface area contributed by atoms with E-state index >= 15 is 0 Å². The van der Waals surface area contributed by atoms with Gasteiger partial charge in [-0.05, 0) is 43.0 Å². The Kier molecular flexibility index (Phi) is 8.09. The average Bonchev–Trinajstić information content (AvgIpc) is 2.96. The molecule has 2 aromatic carbocycles. The van der Waals surface area contributed by atoms with E-state index in [4.69, 9.17) is 15.2 Å². The quantitative estimate of drug-likeness (QED) is 0.537. The van der Waals surface area contributed by atoms with Crippen LogP contribution in [0, 0.1) is 18.3 Å². The molecular formula is C28H30N4O6S. The maximum Gasteiger partial charge on any atom is 0.355 e. The molecule has 1 atom stereocenters. The number of hydrogen-bond acceptors (Lipinski definition) is 9. The molecule has 0 radical (unpaired) electrons. The van der Waals surface area contributed by atoms with Gasteiger partial charge in [0, 0.05) is 18.8 Å². The number of piperidine rings is 1. The minimum atomic E-state index is -3.86. The van der Waals surface area contributed by atoms with E-state index in [-0.39, 0.29) is 33.2 Å². The summed E-state index contributed by atoms with van der Waals surface area (Å²) in [6, 6.07) is 15.3. The van der Waals surface area contributed by atoms with Gasteiger partial charge < -0.3 is 15.2 Å². The third-order valence-electron chi connectivity index (χ3n) is 6.97. The van der Waals surface area contributed by atoms with Crippen molar-refractivity contribution < 1.29 is 27.5 Å². The van der Waals surface area contributed by atoms with Crippen LogP contribution in [0.2, 0.25) is 0 Å². The van der Waals surface area contributed by atoms with Gasteiger partial charge in [0.15, 0.2) is 0 Å². The molecule has 11 heteroatoms. The Balaban J connectivity index is 2.00. The number of rotatable bonds is 6. The summed E-state index contributed by atoms with van der Waals surface area (Å²) >= 11 is 0. The molecular weight excluding hydrogens is 520 g/mol. The van der Waals surface area contributed by atoms with E-state index in [0.29, 0.717) is 24.2 Å². The first-order valence-corrected chi connectivity index (χ1v) is 13.9. The summed E-state index contributed by atoms with van der Waals surface area (Å²) in [6.07, 6.45) is 2.50. The van der Waals surface area contributed by atoms with E-state index in [9.17, 15) is 23.3 Å². The lowest BCUT2D eigenvalue weighted by atomic mass is 9.81. The lowest BCUT2D eigenvalue weighted by Crippen LogP contribution is -2.41. The van der Waals surface area contributed by atoms with E-state index < -0.39 is 27.9 Å². The van der Waals surface area contributed by atoms with Crippen molar-refractivity contribution in [1.82, 2.24) is 4.31 Å². The number of esters is 2. The van der Waals surface area contributed by atoms with Gasteiger partial charge in [-0.2, -0.15) is 9.57 Å². The van der Waals surface area contributed by atoms with Crippen LogP contribution in [-0.4, -0.2) is 52.0 Å². The number of sulfonamides is 1. The summed E-state index contributed by atoms with van der Waals surface area (Å²) in [4.78, 5) is 27.7. The summed E-state index contributed by atoms with van der Waals surface area (Å²) in [5.74, 6) is -2.92. The molecule has 1 fully saturated rings. The highest BCUT2D eigenvalue weighted by Crippen LogP contribution is 2.43. The molecule has 0 amide bonds. The Morgan fingerprint density at radius 2 is 1.64 bits per heavy atom. The first-order valence-electron chi connectivity index (χ1n) is 12.4. The van der Waals surface area contributed by atoms with Crippen LogP contribution in [0.15, 0.2) is 76.1 Å². The van der Waals surface area contributed by atoms with Gasteiger partial charge in [0.05, 0.1) is 42.2 Å². The van der Waals surface area contributed by atoms with Crippen molar-refractivity contribution in [3.05, 3.63) is 82.3 Å². The maximum atomic E-state index is 13.6. The van der Waals surface area contributed by atoms with Crippen LogP contribution in [-0.2, 0) is 29.1 Å². The summed E-state index contributed by atoms with van der Waals surface area (Å²) in [7, 11) is -1.54. The Labute approximate surface area is 227 Å². The SMILES string of the molecule is COC(=O)C1=C(C(=O)OC)N(c2ccc(C)c(S(=O)(=O)N3CCCCC3)c2)C(N)=C(C#N)C1c1ccccc1. The Bertz CT molecular complexity index is 1500. The number of anilines is 1. The molecule has 0 saturated carbocycles. The number of benzene rings is 2. The molecule has 2 aromatic rings. The molecule has 1 unspecified atom stereocenters. The number of methoxy groups -OCH3 is 2. The van der Waals surface area contributed by atoms with E-state index in [1.54, 1.807) is 49.4 Å². The van der Waals surface area contributed by atoms with Gasteiger partial charge in [0.25, 0.3) is 0 Å². The smallest absolute Gasteiger partial charge is 0.355 e. The summed E-state index contributed by atoms with van der Waals surface area (Å²) < 4.78 is 38.8. The number of allylic oxidation sites excluding steroid dienone is 1. The van der Waals surface area contributed by atoms with Gasteiger partial charge in [-0.15, -0.1) is 0 Å². The van der Waals surface area contributed by atoms with Crippen molar-refractivity contribution in [1.29, 1.82) is 5.26 Å². The number of hydrogen-bond donors (Lipinski definition) is 1. The van der Waals surface area contributed by atoms with Gasteiger partial charge in [-0.1, -0.05) is 42.8 Å². The molecule has 204 valence electrons. The highest BCUT2D eigenvalue weighted by Gasteiger charge is 2.43. The van der Waals surface area contributed by atoms with Gasteiger partial charge in [0.2, 0.25) is 10.0 Å². The van der Waals surface area contributed by atoms with Crippen molar-refractivity contribution in [3.63, 3.8) is 0 Å². The van der Waals surface area contributed by atoms with E-state index in [0.717, 1.165) is 26.4 Å². The highest BCUT2D eigenvalue weighted by atomic mass is 32.2. The monoisotopic (exact) mass is 550 g/mol. The van der Waals surface area contributed by atoms with Crippen LogP contribution in [0.3, 0.4) is 0 Å². The second kappa shape index (κ2) is 11.3. The maximum absolute atomic E-state index is 13.6. The third kappa shape index (κ3) is 5.01. The van der Waals surface area contributed by atoms with Crippen molar-refractivity contribution >= 4 is 27.6 Å². The number of nitriles is 1. The summed E-state index contributed by atoms with van der Waals surface area (Å²) in [5.41, 5.74) is 7.35. The normalized spacial score (nSPS) is 18.5.